The minimum atomic E-state index is -0.774. The molecule has 1 aliphatic heterocycles. The van der Waals surface area contributed by atoms with Crippen molar-refractivity contribution in [1.82, 2.24) is 9.47 Å². The summed E-state index contributed by atoms with van der Waals surface area (Å²) in [4.78, 5) is 13.4. The molecule has 0 saturated heterocycles. The molecule has 1 N–H and O–H groups in total. The molecular weight excluding hydrogens is 228 g/mol. The van der Waals surface area contributed by atoms with Gasteiger partial charge >= 0.3 is 5.97 Å². The summed E-state index contributed by atoms with van der Waals surface area (Å²) in [6.07, 6.45) is 0.914. The molecule has 0 bridgehead atoms. The molecule has 0 radical (unpaired) electrons. The molecule has 1 atom stereocenters. The van der Waals surface area contributed by atoms with E-state index in [2.05, 4.69) is 6.07 Å². The Morgan fingerprint density at radius 2 is 2.06 bits per heavy atom. The van der Waals surface area contributed by atoms with Crippen molar-refractivity contribution in [3.63, 3.8) is 0 Å². The number of para-hydroxylation sites is 1. The second-order valence-electron chi connectivity index (χ2n) is 4.91. The average Bonchev–Trinajstić information content (AvgIpc) is 2.63. The van der Waals surface area contributed by atoms with Crippen molar-refractivity contribution in [2.75, 3.05) is 13.6 Å². The van der Waals surface area contributed by atoms with Gasteiger partial charge in [0.15, 0.2) is 0 Å². The second kappa shape index (κ2) is 3.85. The van der Waals surface area contributed by atoms with Crippen LogP contribution in [0.25, 0.3) is 10.9 Å². The van der Waals surface area contributed by atoms with Gasteiger partial charge in [-0.2, -0.15) is 0 Å². The third-order valence-electron chi connectivity index (χ3n) is 3.91. The molecular formula is C14H16N2O2. The Kier molecular flexibility index (Phi) is 2.41. The van der Waals surface area contributed by atoms with E-state index >= 15 is 0 Å². The largest absolute Gasteiger partial charge is 0.480 e. The lowest BCUT2D eigenvalue weighted by atomic mass is 9.98. The molecule has 0 saturated carbocycles. The minimum absolute atomic E-state index is 0.536. The smallest absolute Gasteiger partial charge is 0.327 e. The first-order valence-corrected chi connectivity index (χ1v) is 6.10. The van der Waals surface area contributed by atoms with E-state index in [1.165, 1.54) is 10.9 Å². The zero-order chi connectivity index (χ0) is 12.9. The van der Waals surface area contributed by atoms with Crippen LogP contribution in [0.4, 0.5) is 0 Å². The van der Waals surface area contributed by atoms with Gasteiger partial charge in [0.05, 0.1) is 5.69 Å². The first-order chi connectivity index (χ1) is 8.61. The number of aromatic nitrogens is 1. The van der Waals surface area contributed by atoms with Crippen LogP contribution in [0.2, 0.25) is 0 Å². The van der Waals surface area contributed by atoms with Crippen LogP contribution in [-0.2, 0) is 18.3 Å². The van der Waals surface area contributed by atoms with Crippen LogP contribution in [-0.4, -0.2) is 34.1 Å². The monoisotopic (exact) mass is 244 g/mol. The molecule has 0 amide bonds. The Balaban J connectivity index is 2.33. The van der Waals surface area contributed by atoms with Gasteiger partial charge < -0.3 is 9.67 Å². The van der Waals surface area contributed by atoms with Gasteiger partial charge in [0.2, 0.25) is 0 Å². The van der Waals surface area contributed by atoms with E-state index in [0.29, 0.717) is 0 Å². The van der Waals surface area contributed by atoms with Gasteiger partial charge in [-0.05, 0) is 25.1 Å². The zero-order valence-corrected chi connectivity index (χ0v) is 10.6. The lowest BCUT2D eigenvalue weighted by Gasteiger charge is -2.30. The minimum Gasteiger partial charge on any atom is -0.480 e. The highest BCUT2D eigenvalue weighted by atomic mass is 16.4. The Morgan fingerprint density at radius 1 is 1.33 bits per heavy atom. The summed E-state index contributed by atoms with van der Waals surface area (Å²) in [5, 5.41) is 10.6. The van der Waals surface area contributed by atoms with E-state index in [9.17, 15) is 9.90 Å². The maximum absolute atomic E-state index is 11.5. The SMILES string of the molecule is CN1CCc2c(n(C)c3ccccc23)C1C(=O)O. The number of aliphatic carboxylic acids is 1. The number of fused-ring (bicyclic) bond motifs is 3. The number of nitrogens with zero attached hydrogens (tertiary/aromatic N) is 2. The van der Waals surface area contributed by atoms with Crippen LogP contribution < -0.4 is 0 Å². The predicted molar refractivity (Wildman–Crippen MR) is 69.6 cm³/mol. The van der Waals surface area contributed by atoms with Crippen LogP contribution in [0, 0.1) is 0 Å². The first-order valence-electron chi connectivity index (χ1n) is 6.10. The molecule has 4 nitrogen and oxygen atoms in total. The van der Waals surface area contributed by atoms with Gasteiger partial charge in [-0.1, -0.05) is 18.2 Å². The van der Waals surface area contributed by atoms with E-state index in [4.69, 9.17) is 0 Å². The van der Waals surface area contributed by atoms with E-state index < -0.39 is 12.0 Å². The van der Waals surface area contributed by atoms with Crippen LogP contribution in [0.1, 0.15) is 17.3 Å². The fraction of sp³-hybridized carbons (Fsp3) is 0.357. The van der Waals surface area contributed by atoms with Crippen LogP contribution >= 0.6 is 0 Å². The first kappa shape index (κ1) is 11.3. The van der Waals surface area contributed by atoms with Crippen LogP contribution in [0.3, 0.4) is 0 Å². The molecule has 2 heterocycles. The van der Waals surface area contributed by atoms with Crippen LogP contribution in [0.5, 0.6) is 0 Å². The Bertz CT molecular complexity index is 630. The molecule has 1 unspecified atom stereocenters. The number of carbonyl (C=O) groups is 1. The number of rotatable bonds is 1. The highest BCUT2D eigenvalue weighted by Crippen LogP contribution is 2.35. The molecule has 1 aromatic carbocycles. The van der Waals surface area contributed by atoms with E-state index in [-0.39, 0.29) is 0 Å². The zero-order valence-electron chi connectivity index (χ0n) is 10.6. The average molecular weight is 244 g/mol. The molecule has 0 fully saturated rings. The van der Waals surface area contributed by atoms with E-state index in [0.717, 1.165) is 24.2 Å². The number of hydrogen-bond acceptors (Lipinski definition) is 2. The van der Waals surface area contributed by atoms with Gasteiger partial charge in [-0.3, -0.25) is 9.69 Å². The molecule has 0 aliphatic carbocycles. The molecule has 1 aromatic heterocycles. The quantitative estimate of drug-likeness (QED) is 0.832. The highest BCUT2D eigenvalue weighted by Gasteiger charge is 2.34. The maximum atomic E-state index is 11.5. The number of likely N-dealkylation sites (N-methyl/N-ethyl adjacent to an activating group) is 1. The normalized spacial score (nSPS) is 20.0. The van der Waals surface area contributed by atoms with E-state index in [1.54, 1.807) is 0 Å². The van der Waals surface area contributed by atoms with Crippen molar-refractivity contribution in [2.24, 2.45) is 7.05 Å². The van der Waals surface area contributed by atoms with Gasteiger partial charge in [0.25, 0.3) is 0 Å². The van der Waals surface area contributed by atoms with Gasteiger partial charge in [0, 0.05) is 24.5 Å². The summed E-state index contributed by atoms with van der Waals surface area (Å²) < 4.78 is 2.03. The number of hydrogen-bond donors (Lipinski definition) is 1. The maximum Gasteiger partial charge on any atom is 0.327 e. The lowest BCUT2D eigenvalue weighted by molar-refractivity contribution is -0.143. The van der Waals surface area contributed by atoms with Gasteiger partial charge in [0.1, 0.15) is 6.04 Å². The molecule has 2 aromatic rings. The van der Waals surface area contributed by atoms with Crippen molar-refractivity contribution in [3.8, 4) is 0 Å². The summed E-state index contributed by atoms with van der Waals surface area (Å²) in [5.74, 6) is -0.774. The highest BCUT2D eigenvalue weighted by molar-refractivity contribution is 5.89. The van der Waals surface area contributed by atoms with Crippen molar-refractivity contribution in [3.05, 3.63) is 35.5 Å². The molecule has 1 aliphatic rings. The number of carboxylic acids is 1. The van der Waals surface area contributed by atoms with Gasteiger partial charge in [-0.15, -0.1) is 0 Å². The fourth-order valence-electron chi connectivity index (χ4n) is 3.03. The van der Waals surface area contributed by atoms with E-state index in [1.807, 2.05) is 41.8 Å². The Hall–Kier alpha value is -1.81. The van der Waals surface area contributed by atoms with Crippen molar-refractivity contribution in [2.45, 2.75) is 12.5 Å². The molecule has 4 heteroatoms. The van der Waals surface area contributed by atoms with Crippen LogP contribution in [0.15, 0.2) is 24.3 Å². The number of benzene rings is 1. The Labute approximate surface area is 105 Å². The standard InChI is InChI=1S/C14H16N2O2/c1-15-8-7-10-9-5-3-4-6-11(9)16(2)12(10)13(15)14(17)18/h3-6,13H,7-8H2,1-2H3,(H,17,18). The van der Waals surface area contributed by atoms with Crippen molar-refractivity contribution >= 4 is 16.9 Å². The third-order valence-corrected chi connectivity index (χ3v) is 3.91. The topological polar surface area (TPSA) is 45.5 Å². The summed E-state index contributed by atoms with van der Waals surface area (Å²) in [7, 11) is 3.83. The summed E-state index contributed by atoms with van der Waals surface area (Å²) in [6.45, 7) is 0.790. The van der Waals surface area contributed by atoms with Gasteiger partial charge in [-0.25, -0.2) is 0 Å². The third kappa shape index (κ3) is 1.39. The number of aryl methyl sites for hydroxylation is 1. The summed E-state index contributed by atoms with van der Waals surface area (Å²) in [6, 6.07) is 7.60. The molecule has 3 rings (SSSR count). The summed E-state index contributed by atoms with van der Waals surface area (Å²) in [5.41, 5.74) is 3.24. The summed E-state index contributed by atoms with van der Waals surface area (Å²) >= 11 is 0. The fourth-order valence-corrected chi connectivity index (χ4v) is 3.03. The predicted octanol–water partition coefficient (Wildman–Crippen LogP) is 1.79. The van der Waals surface area contributed by atoms with Crippen molar-refractivity contribution < 1.29 is 9.90 Å². The molecule has 0 spiro atoms. The number of carboxylic acid groups (broad SMARTS) is 1. The van der Waals surface area contributed by atoms with Crippen molar-refractivity contribution in [1.29, 1.82) is 0 Å². The molecule has 18 heavy (non-hydrogen) atoms. The second-order valence-corrected chi connectivity index (χ2v) is 4.91. The Morgan fingerprint density at radius 3 is 2.78 bits per heavy atom. The molecule has 94 valence electrons. The lowest BCUT2D eigenvalue weighted by Crippen LogP contribution is -2.37.